The van der Waals surface area contributed by atoms with E-state index in [0.29, 0.717) is 34.4 Å². The monoisotopic (exact) mass is 614 g/mol. The Hall–Kier alpha value is -4.09. The maximum atomic E-state index is 12.7. The molecule has 0 saturated heterocycles. The largest absolute Gasteiger partial charge is 0.416 e. The number of fused-ring (bicyclic) bond motifs is 1. The smallest absolute Gasteiger partial charge is 0.366 e. The molecule has 0 aliphatic carbocycles. The van der Waals surface area contributed by atoms with Crippen LogP contribution in [-0.2, 0) is 12.7 Å². The molecule has 0 atom stereocenters. The van der Waals surface area contributed by atoms with Crippen molar-refractivity contribution >= 4 is 56.4 Å². The highest BCUT2D eigenvalue weighted by atomic mass is 79.9. The zero-order valence-electron chi connectivity index (χ0n) is 19.9. The number of amides is 2. The summed E-state index contributed by atoms with van der Waals surface area (Å²) in [5, 5.41) is 13.5. The number of alkyl halides is 3. The topological polar surface area (TPSA) is 83.4 Å². The summed E-state index contributed by atoms with van der Waals surface area (Å²) in [5.74, 6) is 0.680. The van der Waals surface area contributed by atoms with Gasteiger partial charge < -0.3 is 16.0 Å². The molecule has 0 aliphatic heterocycles. The molecule has 2 aromatic heterocycles. The van der Waals surface area contributed by atoms with E-state index in [1.807, 2.05) is 30.3 Å². The zero-order valence-corrected chi connectivity index (χ0v) is 22.3. The molecule has 7 nitrogen and oxygen atoms in total. The van der Waals surface area contributed by atoms with E-state index in [2.05, 4.69) is 37.0 Å². The summed E-state index contributed by atoms with van der Waals surface area (Å²) in [7, 11) is 0. The van der Waals surface area contributed by atoms with Gasteiger partial charge in [0.1, 0.15) is 5.82 Å². The van der Waals surface area contributed by atoms with Crippen molar-refractivity contribution in [2.24, 2.45) is 0 Å². The molecule has 0 fully saturated rings. The van der Waals surface area contributed by atoms with Crippen molar-refractivity contribution < 1.29 is 18.0 Å². The molecule has 3 aromatic carbocycles. The number of carbonyl (C=O) groups is 1. The minimum atomic E-state index is -4.44. The average Bonchev–Trinajstić information content (AvgIpc) is 3.28. The van der Waals surface area contributed by atoms with Gasteiger partial charge in [-0.2, -0.15) is 22.8 Å². The fourth-order valence-corrected chi connectivity index (χ4v) is 4.44. The highest BCUT2D eigenvalue weighted by molar-refractivity contribution is 9.10. The molecule has 0 saturated carbocycles. The summed E-state index contributed by atoms with van der Waals surface area (Å²) in [6.45, 7) is 0.397. The molecule has 0 aliphatic rings. The van der Waals surface area contributed by atoms with E-state index in [0.717, 1.165) is 27.7 Å². The van der Waals surface area contributed by atoms with Crippen LogP contribution >= 0.6 is 27.5 Å². The summed E-state index contributed by atoms with van der Waals surface area (Å²) in [5.41, 5.74) is 2.89. The molecular formula is C27H19BrClF3N6O. The number of carbonyl (C=O) groups excluding carboxylic acids is 1. The summed E-state index contributed by atoms with van der Waals surface area (Å²) >= 11 is 9.89. The fraction of sp³-hybridized carbons (Fsp3) is 0.0741. The van der Waals surface area contributed by atoms with Crippen LogP contribution in [0.15, 0.2) is 89.5 Å². The second-order valence-electron chi connectivity index (χ2n) is 8.44. The number of nitrogens with zero attached hydrogens (tertiary/aromatic N) is 3. The molecule has 5 aromatic rings. The van der Waals surface area contributed by atoms with E-state index < -0.39 is 17.8 Å². The van der Waals surface area contributed by atoms with E-state index >= 15 is 0 Å². The third-order valence-corrected chi connectivity index (χ3v) is 6.60. The third kappa shape index (κ3) is 6.15. The molecule has 5 rings (SSSR count). The zero-order chi connectivity index (χ0) is 27.6. The first kappa shape index (κ1) is 26.5. The predicted molar refractivity (Wildman–Crippen MR) is 149 cm³/mol. The molecular weight excluding hydrogens is 597 g/mol. The molecule has 0 spiro atoms. The number of halogens is 5. The van der Waals surface area contributed by atoms with Crippen molar-refractivity contribution in [2.75, 3.05) is 16.0 Å². The van der Waals surface area contributed by atoms with E-state index in [9.17, 15) is 18.0 Å². The Morgan fingerprint density at radius 3 is 2.44 bits per heavy atom. The van der Waals surface area contributed by atoms with Gasteiger partial charge in [-0.15, -0.1) is 0 Å². The lowest BCUT2D eigenvalue weighted by Gasteiger charge is -2.13. The predicted octanol–water partition coefficient (Wildman–Crippen LogP) is 8.09. The Bertz CT molecular complexity index is 1660. The first-order valence-corrected chi connectivity index (χ1v) is 12.7. The number of rotatable bonds is 6. The second kappa shape index (κ2) is 11.0. The van der Waals surface area contributed by atoms with Crippen molar-refractivity contribution in [1.29, 1.82) is 0 Å². The van der Waals surface area contributed by atoms with Crippen molar-refractivity contribution in [2.45, 2.75) is 12.7 Å². The van der Waals surface area contributed by atoms with Gasteiger partial charge in [-0.1, -0.05) is 41.9 Å². The Morgan fingerprint density at radius 2 is 1.69 bits per heavy atom. The summed E-state index contributed by atoms with van der Waals surface area (Å²) in [6, 6.07) is 20.1. The van der Waals surface area contributed by atoms with Crippen LogP contribution in [0.1, 0.15) is 11.1 Å². The molecule has 0 bridgehead atoms. The van der Waals surface area contributed by atoms with Gasteiger partial charge in [-0.3, -0.25) is 0 Å². The van der Waals surface area contributed by atoms with E-state index in [-0.39, 0.29) is 5.69 Å². The SMILES string of the molecule is O=C(Nc1ccc(C(F)(F)F)cc1)Nc1cccc(CNc2cc(-c3ccccc3Cl)nc3c(Br)cnn23)c1. The Balaban J connectivity index is 1.29. The van der Waals surface area contributed by atoms with E-state index in [1.165, 1.54) is 12.1 Å². The quantitative estimate of drug-likeness (QED) is 0.180. The third-order valence-electron chi connectivity index (χ3n) is 5.71. The van der Waals surface area contributed by atoms with Crippen LogP contribution in [0, 0.1) is 0 Å². The van der Waals surface area contributed by atoms with E-state index in [4.69, 9.17) is 16.6 Å². The maximum absolute atomic E-state index is 12.7. The minimum absolute atomic E-state index is 0.236. The Morgan fingerprint density at radius 1 is 0.949 bits per heavy atom. The molecule has 0 radical (unpaired) electrons. The number of hydrogen-bond acceptors (Lipinski definition) is 4. The van der Waals surface area contributed by atoms with Crippen LogP contribution in [0.4, 0.5) is 35.2 Å². The average molecular weight is 616 g/mol. The van der Waals surface area contributed by atoms with Crippen molar-refractivity contribution in [3.63, 3.8) is 0 Å². The van der Waals surface area contributed by atoms with Crippen LogP contribution in [0.5, 0.6) is 0 Å². The number of nitrogens with one attached hydrogen (secondary N) is 3. The molecule has 0 unspecified atom stereocenters. The Labute approximate surface area is 234 Å². The number of hydrogen-bond donors (Lipinski definition) is 3. The van der Waals surface area contributed by atoms with Crippen LogP contribution in [0.25, 0.3) is 16.9 Å². The summed E-state index contributed by atoms with van der Waals surface area (Å²) < 4.78 is 40.6. The highest BCUT2D eigenvalue weighted by Gasteiger charge is 2.30. The number of anilines is 3. The van der Waals surface area contributed by atoms with Gasteiger partial charge in [0.2, 0.25) is 0 Å². The lowest BCUT2D eigenvalue weighted by Crippen LogP contribution is -2.19. The van der Waals surface area contributed by atoms with Gasteiger partial charge in [0.25, 0.3) is 0 Å². The van der Waals surface area contributed by atoms with Gasteiger partial charge in [0, 0.05) is 34.6 Å². The lowest BCUT2D eigenvalue weighted by atomic mass is 10.1. The summed E-state index contributed by atoms with van der Waals surface area (Å²) in [4.78, 5) is 17.1. The van der Waals surface area contributed by atoms with Crippen molar-refractivity contribution in [3.8, 4) is 11.3 Å². The number of aromatic nitrogens is 3. The van der Waals surface area contributed by atoms with Gasteiger partial charge in [-0.25, -0.2) is 9.78 Å². The van der Waals surface area contributed by atoms with Gasteiger partial charge >= 0.3 is 12.2 Å². The molecule has 2 heterocycles. The number of urea groups is 1. The molecule has 12 heteroatoms. The van der Waals surface area contributed by atoms with Crippen LogP contribution in [0.2, 0.25) is 5.02 Å². The van der Waals surface area contributed by atoms with Crippen LogP contribution in [-0.4, -0.2) is 20.6 Å². The normalized spacial score (nSPS) is 11.4. The van der Waals surface area contributed by atoms with Crippen molar-refractivity contribution in [3.05, 3.63) is 106 Å². The first-order valence-electron chi connectivity index (χ1n) is 11.5. The van der Waals surface area contributed by atoms with Gasteiger partial charge in [-0.05, 0) is 64.0 Å². The summed E-state index contributed by atoms with van der Waals surface area (Å²) in [6.07, 6.45) is -2.79. The van der Waals surface area contributed by atoms with Crippen molar-refractivity contribution in [1.82, 2.24) is 14.6 Å². The molecule has 39 heavy (non-hydrogen) atoms. The van der Waals surface area contributed by atoms with Gasteiger partial charge in [0.15, 0.2) is 5.65 Å². The van der Waals surface area contributed by atoms with E-state index in [1.54, 1.807) is 35.0 Å². The molecule has 198 valence electrons. The van der Waals surface area contributed by atoms with Crippen LogP contribution in [0.3, 0.4) is 0 Å². The maximum Gasteiger partial charge on any atom is 0.416 e. The van der Waals surface area contributed by atoms with Crippen LogP contribution < -0.4 is 16.0 Å². The fourth-order valence-electron chi connectivity index (χ4n) is 3.86. The number of benzene rings is 3. The standard InChI is InChI=1S/C27H19BrClF3N6O/c28-21-15-34-38-24(13-23(37-25(21)38)20-6-1-2-7-22(20)29)33-14-16-4-3-5-19(12-16)36-26(39)35-18-10-8-17(9-11-18)27(30,31)32/h1-13,15,33H,14H2,(H2,35,36,39). The Kier molecular flexibility index (Phi) is 7.45. The highest BCUT2D eigenvalue weighted by Crippen LogP contribution is 2.31. The molecule has 2 amide bonds. The lowest BCUT2D eigenvalue weighted by molar-refractivity contribution is -0.137. The second-order valence-corrected chi connectivity index (χ2v) is 9.70. The minimum Gasteiger partial charge on any atom is -0.366 e. The van der Waals surface area contributed by atoms with Gasteiger partial charge in [0.05, 0.1) is 21.9 Å². The first-order chi connectivity index (χ1) is 18.7. The molecule has 3 N–H and O–H groups in total.